The van der Waals surface area contributed by atoms with Crippen molar-refractivity contribution in [3.05, 3.63) is 82.9 Å². The molecule has 0 heteroatoms. The molecule has 0 saturated heterocycles. The lowest BCUT2D eigenvalue weighted by molar-refractivity contribution is 0.717. The summed E-state index contributed by atoms with van der Waals surface area (Å²) in [6, 6.07) is 22.6. The maximum atomic E-state index is 2.29. The Bertz CT molecular complexity index is 829. The van der Waals surface area contributed by atoms with Gasteiger partial charge in [-0.25, -0.2) is 0 Å². The summed E-state index contributed by atoms with van der Waals surface area (Å²) in [6.45, 7) is 8.85. The predicted octanol–water partition coefficient (Wildman–Crippen LogP) is 7.68. The minimum atomic E-state index is 1.19. The second-order valence-electron chi connectivity index (χ2n) is 7.47. The van der Waals surface area contributed by atoms with Crippen LogP contribution in [0, 0.1) is 20.8 Å². The average Bonchev–Trinajstić information content (AvgIpc) is 2.67. The van der Waals surface area contributed by atoms with Crippen molar-refractivity contribution < 1.29 is 0 Å². The van der Waals surface area contributed by atoms with E-state index in [0.29, 0.717) is 0 Å². The molecular formula is C26H30. The Morgan fingerprint density at radius 2 is 1.04 bits per heavy atom. The summed E-state index contributed by atoms with van der Waals surface area (Å²) in [6.07, 6.45) is 5.09. The van der Waals surface area contributed by atoms with Crippen LogP contribution in [0.1, 0.15) is 48.4 Å². The Balaban J connectivity index is 1.77. The molecule has 0 radical (unpaired) electrons. The third-order valence-electron chi connectivity index (χ3n) is 5.50. The molecular weight excluding hydrogens is 312 g/mol. The molecule has 0 heterocycles. The van der Waals surface area contributed by atoms with Gasteiger partial charge in [0.15, 0.2) is 0 Å². The van der Waals surface area contributed by atoms with Crippen LogP contribution in [0.15, 0.2) is 60.7 Å². The van der Waals surface area contributed by atoms with E-state index in [0.717, 1.165) is 0 Å². The van der Waals surface area contributed by atoms with E-state index in [-0.39, 0.29) is 0 Å². The molecule has 3 aromatic carbocycles. The van der Waals surface area contributed by atoms with Crippen molar-refractivity contribution in [2.24, 2.45) is 0 Å². The van der Waals surface area contributed by atoms with E-state index in [4.69, 9.17) is 0 Å². The molecule has 0 bridgehead atoms. The minimum absolute atomic E-state index is 1.19. The maximum Gasteiger partial charge on any atom is -0.0179 e. The Labute approximate surface area is 158 Å². The molecule has 134 valence electrons. The van der Waals surface area contributed by atoms with Gasteiger partial charge in [-0.05, 0) is 78.1 Å². The van der Waals surface area contributed by atoms with Crippen molar-refractivity contribution in [1.29, 1.82) is 0 Å². The third kappa shape index (κ3) is 4.25. The van der Waals surface area contributed by atoms with Gasteiger partial charge in [-0.2, -0.15) is 0 Å². The molecule has 0 unspecified atom stereocenters. The van der Waals surface area contributed by atoms with Gasteiger partial charge in [-0.15, -0.1) is 0 Å². The van der Waals surface area contributed by atoms with Crippen molar-refractivity contribution in [2.45, 2.75) is 53.4 Å². The van der Waals surface area contributed by atoms with Crippen molar-refractivity contribution in [3.8, 4) is 22.3 Å². The standard InChI is InChI=1S/C26H30/c1-5-6-7-8-22-9-11-23(12-10-22)24-13-15-25(16-14-24)26-17-19(2)21(4)20(3)18-26/h9-18H,5-8H2,1-4H3. The molecule has 0 spiro atoms. The predicted molar refractivity (Wildman–Crippen MR) is 115 cm³/mol. The Morgan fingerprint density at radius 3 is 1.54 bits per heavy atom. The van der Waals surface area contributed by atoms with Gasteiger partial charge in [0.1, 0.15) is 0 Å². The topological polar surface area (TPSA) is 0 Å². The number of hydrogen-bond donors (Lipinski definition) is 0. The molecule has 26 heavy (non-hydrogen) atoms. The van der Waals surface area contributed by atoms with E-state index in [1.807, 2.05) is 0 Å². The van der Waals surface area contributed by atoms with E-state index >= 15 is 0 Å². The van der Waals surface area contributed by atoms with Crippen LogP contribution in [0.3, 0.4) is 0 Å². The first-order chi connectivity index (χ1) is 12.6. The minimum Gasteiger partial charge on any atom is -0.0654 e. The fourth-order valence-electron chi connectivity index (χ4n) is 3.50. The third-order valence-corrected chi connectivity index (χ3v) is 5.50. The average molecular weight is 343 g/mol. The van der Waals surface area contributed by atoms with E-state index in [1.165, 1.54) is 70.2 Å². The van der Waals surface area contributed by atoms with Crippen LogP contribution in [0.4, 0.5) is 0 Å². The summed E-state index contributed by atoms with van der Waals surface area (Å²) < 4.78 is 0. The molecule has 3 aromatic rings. The molecule has 0 amide bonds. The zero-order chi connectivity index (χ0) is 18.5. The molecule has 3 rings (SSSR count). The SMILES string of the molecule is CCCCCc1ccc(-c2ccc(-c3cc(C)c(C)c(C)c3)cc2)cc1. The fraction of sp³-hybridized carbons (Fsp3) is 0.308. The van der Waals surface area contributed by atoms with Crippen molar-refractivity contribution in [1.82, 2.24) is 0 Å². The van der Waals surface area contributed by atoms with Crippen molar-refractivity contribution >= 4 is 0 Å². The van der Waals surface area contributed by atoms with E-state index < -0.39 is 0 Å². The summed E-state index contributed by atoms with van der Waals surface area (Å²) in [5, 5.41) is 0. The Hall–Kier alpha value is -2.34. The normalized spacial score (nSPS) is 10.9. The second kappa shape index (κ2) is 8.36. The number of hydrogen-bond acceptors (Lipinski definition) is 0. The summed E-state index contributed by atoms with van der Waals surface area (Å²) in [4.78, 5) is 0. The molecule has 0 saturated carbocycles. The summed E-state index contributed by atoms with van der Waals surface area (Å²) in [5.41, 5.74) is 10.8. The molecule has 0 nitrogen and oxygen atoms in total. The lowest BCUT2D eigenvalue weighted by Gasteiger charge is -2.10. The van der Waals surface area contributed by atoms with Gasteiger partial charge in [0.2, 0.25) is 0 Å². The number of aryl methyl sites for hydroxylation is 3. The highest BCUT2D eigenvalue weighted by molar-refractivity contribution is 5.71. The quantitative estimate of drug-likeness (QED) is 0.403. The van der Waals surface area contributed by atoms with Crippen LogP contribution < -0.4 is 0 Å². The molecule has 0 fully saturated rings. The molecule has 0 aromatic heterocycles. The lowest BCUT2D eigenvalue weighted by atomic mass is 9.95. The van der Waals surface area contributed by atoms with Gasteiger partial charge in [-0.3, -0.25) is 0 Å². The monoisotopic (exact) mass is 342 g/mol. The van der Waals surface area contributed by atoms with Crippen LogP contribution in [0.2, 0.25) is 0 Å². The molecule has 0 atom stereocenters. The molecule has 0 N–H and O–H groups in total. The summed E-state index contributed by atoms with van der Waals surface area (Å²) in [7, 11) is 0. The smallest absolute Gasteiger partial charge is 0.0179 e. The zero-order valence-electron chi connectivity index (χ0n) is 16.6. The second-order valence-corrected chi connectivity index (χ2v) is 7.47. The van der Waals surface area contributed by atoms with Gasteiger partial charge in [0.25, 0.3) is 0 Å². The first kappa shape index (κ1) is 18.5. The van der Waals surface area contributed by atoms with Crippen LogP contribution in [0.5, 0.6) is 0 Å². The fourth-order valence-corrected chi connectivity index (χ4v) is 3.50. The number of benzene rings is 3. The highest BCUT2D eigenvalue weighted by Gasteiger charge is 2.05. The van der Waals surface area contributed by atoms with Crippen LogP contribution in [0.25, 0.3) is 22.3 Å². The first-order valence-corrected chi connectivity index (χ1v) is 9.86. The van der Waals surface area contributed by atoms with Gasteiger partial charge in [-0.1, -0.05) is 80.4 Å². The van der Waals surface area contributed by atoms with Gasteiger partial charge in [0.05, 0.1) is 0 Å². The molecule has 0 aliphatic rings. The van der Waals surface area contributed by atoms with Crippen molar-refractivity contribution in [3.63, 3.8) is 0 Å². The van der Waals surface area contributed by atoms with Crippen molar-refractivity contribution in [2.75, 3.05) is 0 Å². The molecule has 0 aliphatic heterocycles. The van der Waals surface area contributed by atoms with Gasteiger partial charge >= 0.3 is 0 Å². The highest BCUT2D eigenvalue weighted by atomic mass is 14.1. The largest absolute Gasteiger partial charge is 0.0654 e. The van der Waals surface area contributed by atoms with Gasteiger partial charge in [0, 0.05) is 0 Å². The summed E-state index contributed by atoms with van der Waals surface area (Å²) in [5.74, 6) is 0. The van der Waals surface area contributed by atoms with E-state index in [1.54, 1.807) is 0 Å². The van der Waals surface area contributed by atoms with Crippen LogP contribution in [-0.2, 0) is 6.42 Å². The van der Waals surface area contributed by atoms with E-state index in [9.17, 15) is 0 Å². The van der Waals surface area contributed by atoms with Crippen LogP contribution in [-0.4, -0.2) is 0 Å². The number of rotatable bonds is 6. The Kier molecular flexibility index (Phi) is 5.93. The summed E-state index contributed by atoms with van der Waals surface area (Å²) >= 11 is 0. The zero-order valence-corrected chi connectivity index (χ0v) is 16.6. The highest BCUT2D eigenvalue weighted by Crippen LogP contribution is 2.28. The number of unbranched alkanes of at least 4 members (excludes halogenated alkanes) is 2. The Morgan fingerprint density at radius 1 is 0.577 bits per heavy atom. The maximum absolute atomic E-state index is 2.29. The van der Waals surface area contributed by atoms with Gasteiger partial charge < -0.3 is 0 Å². The first-order valence-electron chi connectivity index (χ1n) is 9.86. The molecule has 0 aliphatic carbocycles. The van der Waals surface area contributed by atoms with Crippen LogP contribution >= 0.6 is 0 Å². The van der Waals surface area contributed by atoms with E-state index in [2.05, 4.69) is 88.4 Å². The lowest BCUT2D eigenvalue weighted by Crippen LogP contribution is -1.89.